The molecule has 1 atom stereocenters. The monoisotopic (exact) mass is 211 g/mol. The van der Waals surface area contributed by atoms with E-state index in [0.717, 1.165) is 18.4 Å². The fraction of sp³-hybridized carbons (Fsp3) is 0.400. The second-order valence-electron chi connectivity index (χ2n) is 3.24. The minimum Gasteiger partial charge on any atom is -0.344 e. The Morgan fingerprint density at radius 1 is 1.40 bits per heavy atom. The first-order valence-electron chi connectivity index (χ1n) is 4.65. The maximum atomic E-state index is 10.4. The number of nitro groups is 1. The number of hydrogen-bond donors (Lipinski definition) is 2. The molecule has 0 fully saturated rings. The van der Waals surface area contributed by atoms with E-state index in [4.69, 9.17) is 5.73 Å². The van der Waals surface area contributed by atoms with Crippen molar-refractivity contribution < 1.29 is 4.92 Å². The lowest BCUT2D eigenvalue weighted by Crippen LogP contribution is -2.09. The standard InChI is InChI=1S/C10H14N2O2.H3N/c1-2-3-10(11)8-4-6-9(7-5-8)12(13)14;/h4-7,10H,2-3,11H2,1H3;1H3. The molecule has 0 saturated heterocycles. The topological polar surface area (TPSA) is 104 Å². The Bertz CT molecular complexity index is 311. The Kier molecular flexibility index (Phi) is 5.51. The molecule has 1 rings (SSSR count). The summed E-state index contributed by atoms with van der Waals surface area (Å²) >= 11 is 0. The van der Waals surface area contributed by atoms with Crippen LogP contribution in [0, 0.1) is 10.1 Å². The van der Waals surface area contributed by atoms with Crippen LogP contribution in [0.4, 0.5) is 5.69 Å². The summed E-state index contributed by atoms with van der Waals surface area (Å²) in [6.07, 6.45) is 1.91. The van der Waals surface area contributed by atoms with E-state index in [-0.39, 0.29) is 17.9 Å². The van der Waals surface area contributed by atoms with E-state index in [9.17, 15) is 10.1 Å². The van der Waals surface area contributed by atoms with E-state index < -0.39 is 4.92 Å². The average Bonchev–Trinajstić information content (AvgIpc) is 2.18. The van der Waals surface area contributed by atoms with Gasteiger partial charge in [-0.2, -0.15) is 0 Å². The van der Waals surface area contributed by atoms with Crippen LogP contribution < -0.4 is 11.9 Å². The van der Waals surface area contributed by atoms with Crippen LogP contribution in [-0.2, 0) is 0 Å². The first-order chi connectivity index (χ1) is 6.65. The van der Waals surface area contributed by atoms with Gasteiger partial charge in [-0.05, 0) is 12.0 Å². The molecule has 15 heavy (non-hydrogen) atoms. The molecule has 0 amide bonds. The normalized spacial score (nSPS) is 11.6. The van der Waals surface area contributed by atoms with Crippen LogP contribution in [0.3, 0.4) is 0 Å². The maximum Gasteiger partial charge on any atom is 0.269 e. The Hall–Kier alpha value is -1.46. The van der Waals surface area contributed by atoms with Crippen LogP contribution in [0.5, 0.6) is 0 Å². The third-order valence-corrected chi connectivity index (χ3v) is 2.13. The fourth-order valence-electron chi connectivity index (χ4n) is 1.32. The molecule has 0 radical (unpaired) electrons. The van der Waals surface area contributed by atoms with Crippen molar-refractivity contribution in [3.63, 3.8) is 0 Å². The molecule has 0 bridgehead atoms. The van der Waals surface area contributed by atoms with Gasteiger partial charge in [-0.25, -0.2) is 0 Å². The van der Waals surface area contributed by atoms with Crippen molar-refractivity contribution in [2.24, 2.45) is 5.73 Å². The smallest absolute Gasteiger partial charge is 0.269 e. The summed E-state index contributed by atoms with van der Waals surface area (Å²) in [5.74, 6) is 0. The number of rotatable bonds is 4. The molecule has 0 aliphatic carbocycles. The lowest BCUT2D eigenvalue weighted by molar-refractivity contribution is -0.384. The summed E-state index contributed by atoms with van der Waals surface area (Å²) < 4.78 is 0. The molecule has 0 aromatic heterocycles. The molecular formula is C10H17N3O2. The second kappa shape index (κ2) is 6.10. The zero-order valence-electron chi connectivity index (χ0n) is 8.85. The summed E-state index contributed by atoms with van der Waals surface area (Å²) in [5.41, 5.74) is 6.93. The molecule has 1 unspecified atom stereocenters. The van der Waals surface area contributed by atoms with Crippen molar-refractivity contribution in [3.05, 3.63) is 39.9 Å². The average molecular weight is 211 g/mol. The lowest BCUT2D eigenvalue weighted by atomic mass is 10.0. The Labute approximate surface area is 89.0 Å². The molecule has 1 aromatic rings. The highest BCUT2D eigenvalue weighted by Crippen LogP contribution is 2.19. The van der Waals surface area contributed by atoms with Crippen molar-refractivity contribution >= 4 is 5.69 Å². The van der Waals surface area contributed by atoms with E-state index in [1.54, 1.807) is 12.1 Å². The van der Waals surface area contributed by atoms with Gasteiger partial charge in [0.1, 0.15) is 0 Å². The number of benzene rings is 1. The lowest BCUT2D eigenvalue weighted by Gasteiger charge is -2.09. The number of hydrogen-bond acceptors (Lipinski definition) is 4. The first kappa shape index (κ1) is 13.5. The molecule has 1 aromatic carbocycles. The van der Waals surface area contributed by atoms with Gasteiger partial charge < -0.3 is 11.9 Å². The molecule has 0 spiro atoms. The third-order valence-electron chi connectivity index (χ3n) is 2.13. The van der Waals surface area contributed by atoms with E-state index in [2.05, 4.69) is 6.92 Å². The summed E-state index contributed by atoms with van der Waals surface area (Å²) in [6.45, 7) is 2.06. The first-order valence-corrected chi connectivity index (χ1v) is 4.65. The minimum absolute atomic E-state index is 0. The van der Waals surface area contributed by atoms with Crippen LogP contribution in [0.1, 0.15) is 31.4 Å². The highest BCUT2D eigenvalue weighted by Gasteiger charge is 2.07. The second-order valence-corrected chi connectivity index (χ2v) is 3.24. The largest absolute Gasteiger partial charge is 0.344 e. The molecule has 0 saturated carbocycles. The zero-order valence-corrected chi connectivity index (χ0v) is 8.85. The van der Waals surface area contributed by atoms with Crippen LogP contribution in [0.15, 0.2) is 24.3 Å². The summed E-state index contributed by atoms with van der Waals surface area (Å²) in [7, 11) is 0. The van der Waals surface area contributed by atoms with Crippen molar-refractivity contribution in [2.75, 3.05) is 0 Å². The Balaban J connectivity index is 0.00000196. The van der Waals surface area contributed by atoms with Crippen LogP contribution in [0.2, 0.25) is 0 Å². The van der Waals surface area contributed by atoms with Gasteiger partial charge in [-0.3, -0.25) is 10.1 Å². The Morgan fingerprint density at radius 3 is 2.33 bits per heavy atom. The van der Waals surface area contributed by atoms with Gasteiger partial charge in [0, 0.05) is 18.2 Å². The predicted octanol–water partition coefficient (Wildman–Crippen LogP) is 2.56. The fourth-order valence-corrected chi connectivity index (χ4v) is 1.32. The van der Waals surface area contributed by atoms with Crippen LogP contribution in [-0.4, -0.2) is 4.92 Å². The van der Waals surface area contributed by atoms with Crippen LogP contribution >= 0.6 is 0 Å². The number of nitrogens with zero attached hydrogens (tertiary/aromatic N) is 1. The van der Waals surface area contributed by atoms with E-state index in [1.807, 2.05) is 0 Å². The zero-order chi connectivity index (χ0) is 10.6. The molecule has 0 aliphatic rings. The molecule has 84 valence electrons. The predicted molar refractivity (Wildman–Crippen MR) is 60.0 cm³/mol. The van der Waals surface area contributed by atoms with Gasteiger partial charge in [0.2, 0.25) is 0 Å². The summed E-state index contributed by atoms with van der Waals surface area (Å²) in [5, 5.41) is 10.4. The minimum atomic E-state index is -0.408. The van der Waals surface area contributed by atoms with E-state index >= 15 is 0 Å². The number of nitro benzene ring substituents is 1. The summed E-state index contributed by atoms with van der Waals surface area (Å²) in [6, 6.07) is 6.41. The van der Waals surface area contributed by atoms with E-state index in [0.29, 0.717) is 0 Å². The van der Waals surface area contributed by atoms with Crippen molar-refractivity contribution in [2.45, 2.75) is 25.8 Å². The van der Waals surface area contributed by atoms with Gasteiger partial charge in [0.15, 0.2) is 0 Å². The van der Waals surface area contributed by atoms with Gasteiger partial charge in [0.25, 0.3) is 5.69 Å². The van der Waals surface area contributed by atoms with Gasteiger partial charge in [0.05, 0.1) is 4.92 Å². The van der Waals surface area contributed by atoms with Gasteiger partial charge >= 0.3 is 0 Å². The molecule has 5 heteroatoms. The molecule has 5 N–H and O–H groups in total. The van der Waals surface area contributed by atoms with Gasteiger partial charge in [-0.15, -0.1) is 0 Å². The highest BCUT2D eigenvalue weighted by molar-refractivity contribution is 5.34. The quantitative estimate of drug-likeness (QED) is 0.589. The van der Waals surface area contributed by atoms with Crippen molar-refractivity contribution in [3.8, 4) is 0 Å². The molecule has 5 nitrogen and oxygen atoms in total. The van der Waals surface area contributed by atoms with Crippen molar-refractivity contribution in [1.29, 1.82) is 0 Å². The maximum absolute atomic E-state index is 10.4. The van der Waals surface area contributed by atoms with Gasteiger partial charge in [-0.1, -0.05) is 25.5 Å². The third kappa shape index (κ3) is 3.65. The highest BCUT2D eigenvalue weighted by atomic mass is 16.6. The molecule has 0 aliphatic heterocycles. The van der Waals surface area contributed by atoms with Crippen molar-refractivity contribution in [1.82, 2.24) is 6.15 Å². The molecular weight excluding hydrogens is 194 g/mol. The van der Waals surface area contributed by atoms with Crippen LogP contribution in [0.25, 0.3) is 0 Å². The Morgan fingerprint density at radius 2 is 1.93 bits per heavy atom. The SMILES string of the molecule is CCCC(N)c1ccc([N+](=O)[O-])cc1.N. The number of non-ortho nitro benzene ring substituents is 1. The summed E-state index contributed by atoms with van der Waals surface area (Å²) in [4.78, 5) is 9.97. The van der Waals surface area contributed by atoms with E-state index in [1.165, 1.54) is 12.1 Å². The molecule has 0 heterocycles. The number of nitrogens with two attached hydrogens (primary N) is 1.